The van der Waals surface area contributed by atoms with Crippen LogP contribution in [0.2, 0.25) is 0 Å². The minimum atomic E-state index is -0.0658. The van der Waals surface area contributed by atoms with E-state index in [2.05, 4.69) is 14.9 Å². The van der Waals surface area contributed by atoms with Crippen LogP contribution >= 0.6 is 0 Å². The zero-order valence-electron chi connectivity index (χ0n) is 14.9. The highest BCUT2D eigenvalue weighted by atomic mass is 16.5. The molecule has 0 saturated carbocycles. The lowest BCUT2D eigenvalue weighted by Gasteiger charge is -2.35. The Morgan fingerprint density at radius 1 is 1.29 bits per heavy atom. The van der Waals surface area contributed by atoms with E-state index in [0.717, 1.165) is 49.8 Å². The van der Waals surface area contributed by atoms with E-state index in [1.54, 1.807) is 0 Å². The molecular formula is C17H27N5O2. The molecule has 24 heavy (non-hydrogen) atoms. The first-order valence-electron chi connectivity index (χ1n) is 8.67. The number of hydrogen-bond donors (Lipinski definition) is 0. The van der Waals surface area contributed by atoms with E-state index in [1.807, 2.05) is 36.9 Å². The first-order valence-corrected chi connectivity index (χ1v) is 8.67. The van der Waals surface area contributed by atoms with Crippen LogP contribution < -0.4 is 4.90 Å². The standard InChI is InChI=1S/C17H27N5O2/c1-13-10-15(20(2)3)19-17(18-13)14-12-24-9-8-22(14)11-16(23)21-6-4-5-7-21/h10,14H,4-9,11-12H2,1-3H3/t14-/m0/s1. The summed E-state index contributed by atoms with van der Waals surface area (Å²) in [4.78, 5) is 27.9. The highest BCUT2D eigenvalue weighted by Gasteiger charge is 2.30. The molecule has 3 rings (SSSR count). The van der Waals surface area contributed by atoms with Gasteiger partial charge in [-0.25, -0.2) is 9.97 Å². The van der Waals surface area contributed by atoms with Gasteiger partial charge in [0.15, 0.2) is 0 Å². The fraction of sp³-hybridized carbons (Fsp3) is 0.706. The molecule has 1 atom stereocenters. The molecule has 0 radical (unpaired) electrons. The molecule has 0 aliphatic carbocycles. The van der Waals surface area contributed by atoms with Gasteiger partial charge in [0.05, 0.1) is 25.8 Å². The predicted octanol–water partition coefficient (Wildman–Crippen LogP) is 0.847. The normalized spacial score (nSPS) is 22.0. The van der Waals surface area contributed by atoms with Crippen LogP contribution in [0.5, 0.6) is 0 Å². The second kappa shape index (κ2) is 7.44. The molecular weight excluding hydrogens is 306 g/mol. The van der Waals surface area contributed by atoms with Crippen molar-refractivity contribution < 1.29 is 9.53 Å². The summed E-state index contributed by atoms with van der Waals surface area (Å²) in [5.41, 5.74) is 0.931. The Morgan fingerprint density at radius 2 is 2.04 bits per heavy atom. The first-order chi connectivity index (χ1) is 11.5. The number of morpholine rings is 1. The lowest BCUT2D eigenvalue weighted by atomic mass is 10.2. The maximum Gasteiger partial charge on any atom is 0.236 e. The minimum Gasteiger partial charge on any atom is -0.378 e. The van der Waals surface area contributed by atoms with Crippen LogP contribution in [0.3, 0.4) is 0 Å². The van der Waals surface area contributed by atoms with E-state index in [-0.39, 0.29) is 11.9 Å². The summed E-state index contributed by atoms with van der Waals surface area (Å²) in [5.74, 6) is 1.83. The Balaban J connectivity index is 1.77. The van der Waals surface area contributed by atoms with Crippen molar-refractivity contribution in [1.29, 1.82) is 0 Å². The maximum atomic E-state index is 12.5. The molecule has 2 fully saturated rings. The van der Waals surface area contributed by atoms with E-state index in [0.29, 0.717) is 19.8 Å². The summed E-state index contributed by atoms with van der Waals surface area (Å²) in [6, 6.07) is 1.90. The highest BCUT2D eigenvalue weighted by Crippen LogP contribution is 2.24. The number of anilines is 1. The Bertz CT molecular complexity index is 586. The number of hydrogen-bond acceptors (Lipinski definition) is 6. The van der Waals surface area contributed by atoms with E-state index in [4.69, 9.17) is 4.74 Å². The average Bonchev–Trinajstić information content (AvgIpc) is 3.09. The quantitative estimate of drug-likeness (QED) is 0.814. The number of amides is 1. The number of carbonyl (C=O) groups is 1. The summed E-state index contributed by atoms with van der Waals surface area (Å²) >= 11 is 0. The SMILES string of the molecule is Cc1cc(N(C)C)nc([C@@H]2COCCN2CC(=O)N2CCCC2)n1. The predicted molar refractivity (Wildman–Crippen MR) is 92.0 cm³/mol. The Morgan fingerprint density at radius 3 is 2.75 bits per heavy atom. The van der Waals surface area contributed by atoms with Crippen molar-refractivity contribution in [3.05, 3.63) is 17.6 Å². The van der Waals surface area contributed by atoms with Crippen LogP contribution in [0.15, 0.2) is 6.07 Å². The van der Waals surface area contributed by atoms with E-state index in [1.165, 1.54) is 0 Å². The van der Waals surface area contributed by atoms with Crippen molar-refractivity contribution >= 4 is 11.7 Å². The van der Waals surface area contributed by atoms with Gasteiger partial charge in [0.25, 0.3) is 0 Å². The van der Waals surface area contributed by atoms with Crippen LogP contribution in [-0.2, 0) is 9.53 Å². The monoisotopic (exact) mass is 333 g/mol. The molecule has 0 aromatic carbocycles. The molecule has 132 valence electrons. The molecule has 7 nitrogen and oxygen atoms in total. The number of aromatic nitrogens is 2. The molecule has 0 spiro atoms. The third kappa shape index (κ3) is 3.84. The first kappa shape index (κ1) is 17.1. The Hall–Kier alpha value is -1.73. The molecule has 3 heterocycles. The zero-order chi connectivity index (χ0) is 17.1. The minimum absolute atomic E-state index is 0.0658. The molecule has 2 aliphatic heterocycles. The summed E-state index contributed by atoms with van der Waals surface area (Å²) < 4.78 is 5.65. The molecule has 0 bridgehead atoms. The van der Waals surface area contributed by atoms with Crippen molar-refractivity contribution in [1.82, 2.24) is 19.8 Å². The Labute approximate surface area is 143 Å². The second-order valence-corrected chi connectivity index (χ2v) is 6.77. The average molecular weight is 333 g/mol. The fourth-order valence-corrected chi connectivity index (χ4v) is 3.26. The van der Waals surface area contributed by atoms with E-state index in [9.17, 15) is 4.79 Å². The van der Waals surface area contributed by atoms with Gasteiger partial charge in [-0.3, -0.25) is 9.69 Å². The van der Waals surface area contributed by atoms with E-state index >= 15 is 0 Å². The molecule has 2 aliphatic rings. The van der Waals surface area contributed by atoms with Gasteiger partial charge < -0.3 is 14.5 Å². The summed E-state index contributed by atoms with van der Waals surface area (Å²) in [6.45, 7) is 6.09. The van der Waals surface area contributed by atoms with Crippen molar-refractivity contribution in [3.63, 3.8) is 0 Å². The van der Waals surface area contributed by atoms with Gasteiger partial charge in [-0.1, -0.05) is 0 Å². The van der Waals surface area contributed by atoms with Crippen LogP contribution in [0.25, 0.3) is 0 Å². The number of aryl methyl sites for hydroxylation is 1. The molecule has 0 unspecified atom stereocenters. The summed E-state index contributed by atoms with van der Waals surface area (Å²) in [7, 11) is 3.94. The van der Waals surface area contributed by atoms with Crippen molar-refractivity contribution in [2.75, 3.05) is 58.4 Å². The van der Waals surface area contributed by atoms with Gasteiger partial charge in [-0.2, -0.15) is 0 Å². The molecule has 7 heteroatoms. The zero-order valence-corrected chi connectivity index (χ0v) is 14.9. The van der Waals surface area contributed by atoms with Gasteiger partial charge in [0.2, 0.25) is 5.91 Å². The van der Waals surface area contributed by atoms with Gasteiger partial charge in [0.1, 0.15) is 11.6 Å². The van der Waals surface area contributed by atoms with Gasteiger partial charge in [0, 0.05) is 45.5 Å². The topological polar surface area (TPSA) is 61.8 Å². The lowest BCUT2D eigenvalue weighted by molar-refractivity contribution is -0.133. The third-order valence-electron chi connectivity index (χ3n) is 4.65. The highest BCUT2D eigenvalue weighted by molar-refractivity contribution is 5.78. The number of nitrogens with zero attached hydrogens (tertiary/aromatic N) is 5. The van der Waals surface area contributed by atoms with Gasteiger partial charge >= 0.3 is 0 Å². The smallest absolute Gasteiger partial charge is 0.236 e. The van der Waals surface area contributed by atoms with Crippen molar-refractivity contribution in [2.24, 2.45) is 0 Å². The van der Waals surface area contributed by atoms with Crippen molar-refractivity contribution in [2.45, 2.75) is 25.8 Å². The van der Waals surface area contributed by atoms with Crippen LogP contribution in [-0.4, -0.2) is 79.2 Å². The molecule has 1 aromatic heterocycles. The Kier molecular flexibility index (Phi) is 5.30. The van der Waals surface area contributed by atoms with Crippen LogP contribution in [0, 0.1) is 6.92 Å². The number of ether oxygens (including phenoxy) is 1. The molecule has 2 saturated heterocycles. The van der Waals surface area contributed by atoms with Crippen LogP contribution in [0.1, 0.15) is 30.4 Å². The summed E-state index contributed by atoms with van der Waals surface area (Å²) in [5, 5.41) is 0. The van der Waals surface area contributed by atoms with Gasteiger partial charge in [-0.05, 0) is 19.8 Å². The lowest BCUT2D eigenvalue weighted by Crippen LogP contribution is -2.46. The number of carbonyl (C=O) groups excluding carboxylic acids is 1. The fourth-order valence-electron chi connectivity index (χ4n) is 3.26. The van der Waals surface area contributed by atoms with Crippen LogP contribution in [0.4, 0.5) is 5.82 Å². The third-order valence-corrected chi connectivity index (χ3v) is 4.65. The largest absolute Gasteiger partial charge is 0.378 e. The number of rotatable bonds is 4. The summed E-state index contributed by atoms with van der Waals surface area (Å²) in [6.07, 6.45) is 2.23. The number of likely N-dealkylation sites (tertiary alicyclic amines) is 1. The maximum absolute atomic E-state index is 12.5. The molecule has 0 N–H and O–H groups in total. The van der Waals surface area contributed by atoms with E-state index < -0.39 is 0 Å². The van der Waals surface area contributed by atoms with Crippen molar-refractivity contribution in [3.8, 4) is 0 Å². The molecule has 1 aromatic rings. The molecule has 1 amide bonds. The van der Waals surface area contributed by atoms with Gasteiger partial charge in [-0.15, -0.1) is 0 Å². The second-order valence-electron chi connectivity index (χ2n) is 6.77.